The Hall–Kier alpha value is -3.35. The van der Waals surface area contributed by atoms with Crippen molar-refractivity contribution < 1.29 is 14.4 Å². The molecular weight excluding hydrogens is 461 g/mol. The number of rotatable bonds is 4. The molecule has 0 radical (unpaired) electrons. The molecule has 0 fully saturated rings. The molecule has 0 bridgehead atoms. The lowest BCUT2D eigenvalue weighted by Crippen LogP contribution is -2.41. The van der Waals surface area contributed by atoms with Gasteiger partial charge in [0.15, 0.2) is 0 Å². The van der Waals surface area contributed by atoms with Gasteiger partial charge in [-0.2, -0.15) is 0 Å². The van der Waals surface area contributed by atoms with Crippen molar-refractivity contribution in [1.82, 2.24) is 10.9 Å². The minimum absolute atomic E-state index is 0.00602. The molecule has 3 amide bonds. The fourth-order valence-electron chi connectivity index (χ4n) is 2.97. The third kappa shape index (κ3) is 6.57. The number of anilines is 1. The highest BCUT2D eigenvalue weighted by atomic mass is 35.5. The monoisotopic (exact) mass is 483 g/mol. The normalized spacial score (nSPS) is 10.9. The summed E-state index contributed by atoms with van der Waals surface area (Å²) in [7, 11) is 0. The van der Waals surface area contributed by atoms with Gasteiger partial charge in [-0.15, -0.1) is 0 Å². The molecule has 0 aliphatic heterocycles. The number of benzene rings is 3. The lowest BCUT2D eigenvalue weighted by molar-refractivity contribution is 0.0846. The van der Waals surface area contributed by atoms with E-state index < -0.39 is 11.8 Å². The van der Waals surface area contributed by atoms with Crippen molar-refractivity contribution in [3.05, 3.63) is 99.0 Å². The number of hydrogen-bond donors (Lipinski definition) is 3. The van der Waals surface area contributed by atoms with Crippen molar-refractivity contribution in [2.75, 3.05) is 5.32 Å². The maximum Gasteiger partial charge on any atom is 0.269 e. The van der Waals surface area contributed by atoms with E-state index in [0.717, 1.165) is 5.56 Å². The second-order valence-electron chi connectivity index (χ2n) is 8.43. The number of hydrazine groups is 1. The molecule has 6 nitrogen and oxygen atoms in total. The summed E-state index contributed by atoms with van der Waals surface area (Å²) < 4.78 is 0. The maximum atomic E-state index is 12.5. The SMILES string of the molecule is CC(C)(C)c1ccc(C(=O)Nc2ccc(C(=O)NNC(=O)c3cc(Cl)cc(Cl)c3)cc2)cc1. The Labute approximate surface area is 202 Å². The molecule has 0 saturated carbocycles. The lowest BCUT2D eigenvalue weighted by atomic mass is 9.87. The molecular formula is C25H23Cl2N3O3. The summed E-state index contributed by atoms with van der Waals surface area (Å²) in [6.45, 7) is 6.33. The smallest absolute Gasteiger partial charge is 0.269 e. The molecule has 0 aliphatic carbocycles. The molecule has 3 aromatic carbocycles. The van der Waals surface area contributed by atoms with E-state index in [2.05, 4.69) is 36.9 Å². The van der Waals surface area contributed by atoms with E-state index >= 15 is 0 Å². The van der Waals surface area contributed by atoms with Gasteiger partial charge in [-0.3, -0.25) is 25.2 Å². The number of nitrogens with one attached hydrogen (secondary N) is 3. The number of hydrogen-bond acceptors (Lipinski definition) is 3. The quantitative estimate of drug-likeness (QED) is 0.420. The Balaban J connectivity index is 1.57. The minimum atomic E-state index is -0.561. The molecule has 0 unspecified atom stereocenters. The van der Waals surface area contributed by atoms with Crippen molar-refractivity contribution in [3.8, 4) is 0 Å². The van der Waals surface area contributed by atoms with Crippen LogP contribution in [0, 0.1) is 0 Å². The second-order valence-corrected chi connectivity index (χ2v) is 9.30. The first kappa shape index (κ1) is 24.3. The summed E-state index contributed by atoms with van der Waals surface area (Å²) >= 11 is 11.8. The van der Waals surface area contributed by atoms with Gasteiger partial charge in [-0.05, 0) is 65.6 Å². The van der Waals surface area contributed by atoms with Gasteiger partial charge in [0.1, 0.15) is 0 Å². The van der Waals surface area contributed by atoms with Crippen LogP contribution in [0.4, 0.5) is 5.69 Å². The van der Waals surface area contributed by atoms with E-state index in [1.165, 1.54) is 30.3 Å². The van der Waals surface area contributed by atoms with Crippen LogP contribution < -0.4 is 16.2 Å². The molecule has 3 N–H and O–H groups in total. The van der Waals surface area contributed by atoms with E-state index in [9.17, 15) is 14.4 Å². The van der Waals surface area contributed by atoms with Crippen molar-refractivity contribution in [3.63, 3.8) is 0 Å². The highest BCUT2D eigenvalue weighted by Gasteiger charge is 2.15. The van der Waals surface area contributed by atoms with E-state index in [-0.39, 0.29) is 16.9 Å². The predicted octanol–water partition coefficient (Wildman–Crippen LogP) is 5.62. The summed E-state index contributed by atoms with van der Waals surface area (Å²) in [4.78, 5) is 37.0. The third-order valence-corrected chi connectivity index (χ3v) is 5.27. The Kier molecular flexibility index (Phi) is 7.41. The second kappa shape index (κ2) is 10.1. The standard InChI is InChI=1S/C25H23Cl2N3O3/c1-25(2,3)18-8-4-15(5-9-18)22(31)28-21-10-6-16(7-11-21)23(32)29-30-24(33)17-12-19(26)14-20(27)13-17/h4-14H,1-3H3,(H,28,31)(H,29,32)(H,30,33). The van der Waals surface area contributed by atoms with E-state index in [0.29, 0.717) is 26.9 Å². The number of carbonyl (C=O) groups is 3. The number of halogens is 2. The predicted molar refractivity (Wildman–Crippen MR) is 131 cm³/mol. The highest BCUT2D eigenvalue weighted by molar-refractivity contribution is 6.35. The molecule has 170 valence electrons. The molecule has 0 spiro atoms. The van der Waals surface area contributed by atoms with Gasteiger partial charge in [-0.1, -0.05) is 56.1 Å². The van der Waals surface area contributed by atoms with Crippen molar-refractivity contribution in [1.29, 1.82) is 0 Å². The summed E-state index contributed by atoms with van der Waals surface area (Å²) in [5.41, 5.74) is 7.36. The summed E-state index contributed by atoms with van der Waals surface area (Å²) in [6.07, 6.45) is 0. The van der Waals surface area contributed by atoms with E-state index in [4.69, 9.17) is 23.2 Å². The first-order chi connectivity index (χ1) is 15.5. The molecule has 0 aliphatic rings. The molecule has 3 aromatic rings. The van der Waals surface area contributed by atoms with Crippen LogP contribution in [0.3, 0.4) is 0 Å². The van der Waals surface area contributed by atoms with Crippen molar-refractivity contribution in [2.24, 2.45) is 0 Å². The van der Waals surface area contributed by atoms with Gasteiger partial charge < -0.3 is 5.32 Å². The lowest BCUT2D eigenvalue weighted by Gasteiger charge is -2.19. The van der Waals surface area contributed by atoms with E-state index in [1.807, 2.05) is 12.1 Å². The summed E-state index contributed by atoms with van der Waals surface area (Å²) in [5, 5.41) is 3.41. The van der Waals surface area contributed by atoms with Gasteiger partial charge >= 0.3 is 0 Å². The Morgan fingerprint density at radius 3 is 1.61 bits per heavy atom. The largest absolute Gasteiger partial charge is 0.322 e. The summed E-state index contributed by atoms with van der Waals surface area (Å²) in [5.74, 6) is -1.33. The fraction of sp³-hybridized carbons (Fsp3) is 0.160. The first-order valence-electron chi connectivity index (χ1n) is 10.1. The zero-order valence-corrected chi connectivity index (χ0v) is 19.8. The Bertz CT molecular complexity index is 1160. The van der Waals surface area contributed by atoms with Crippen LogP contribution in [0.15, 0.2) is 66.7 Å². The molecule has 8 heteroatoms. The van der Waals surface area contributed by atoms with Crippen LogP contribution in [0.2, 0.25) is 10.0 Å². The minimum Gasteiger partial charge on any atom is -0.322 e. The number of amides is 3. The van der Waals surface area contributed by atoms with Crippen LogP contribution >= 0.6 is 23.2 Å². The zero-order valence-electron chi connectivity index (χ0n) is 18.3. The molecule has 3 rings (SSSR count). The van der Waals surface area contributed by atoms with Crippen LogP contribution in [0.25, 0.3) is 0 Å². The molecule has 0 heterocycles. The van der Waals surface area contributed by atoms with Gasteiger partial charge in [-0.25, -0.2) is 0 Å². The van der Waals surface area contributed by atoms with Crippen LogP contribution in [-0.4, -0.2) is 17.7 Å². The Morgan fingerprint density at radius 2 is 1.09 bits per heavy atom. The van der Waals surface area contributed by atoms with Gasteiger partial charge in [0.2, 0.25) is 0 Å². The molecule has 0 aromatic heterocycles. The highest BCUT2D eigenvalue weighted by Crippen LogP contribution is 2.22. The Morgan fingerprint density at radius 1 is 0.636 bits per heavy atom. The molecule has 0 saturated heterocycles. The maximum absolute atomic E-state index is 12.5. The topological polar surface area (TPSA) is 87.3 Å². The van der Waals surface area contributed by atoms with Crippen LogP contribution in [0.1, 0.15) is 57.4 Å². The van der Waals surface area contributed by atoms with Crippen molar-refractivity contribution in [2.45, 2.75) is 26.2 Å². The molecule has 33 heavy (non-hydrogen) atoms. The third-order valence-electron chi connectivity index (χ3n) is 4.83. The van der Waals surface area contributed by atoms with Crippen molar-refractivity contribution >= 4 is 46.6 Å². The number of carbonyl (C=O) groups excluding carboxylic acids is 3. The van der Waals surface area contributed by atoms with Crippen LogP contribution in [-0.2, 0) is 5.41 Å². The van der Waals surface area contributed by atoms with E-state index in [1.54, 1.807) is 24.3 Å². The average Bonchev–Trinajstić information content (AvgIpc) is 2.76. The summed E-state index contributed by atoms with van der Waals surface area (Å²) in [6, 6.07) is 18.1. The zero-order chi connectivity index (χ0) is 24.2. The first-order valence-corrected chi connectivity index (χ1v) is 10.9. The fourth-order valence-corrected chi connectivity index (χ4v) is 3.50. The van der Waals surface area contributed by atoms with Crippen LogP contribution in [0.5, 0.6) is 0 Å². The molecule has 0 atom stereocenters. The average molecular weight is 484 g/mol. The van der Waals surface area contributed by atoms with Gasteiger partial charge in [0.25, 0.3) is 17.7 Å². The van der Waals surface area contributed by atoms with Gasteiger partial charge in [0, 0.05) is 32.4 Å². The van der Waals surface area contributed by atoms with Gasteiger partial charge in [0.05, 0.1) is 0 Å².